The number of nitriles is 1. The van der Waals surface area contributed by atoms with Crippen LogP contribution in [-0.4, -0.2) is 11.2 Å². The second kappa shape index (κ2) is 3.10. The van der Waals surface area contributed by atoms with Crippen molar-refractivity contribution in [3.05, 3.63) is 11.6 Å². The zero-order valence-corrected chi connectivity index (χ0v) is 8.83. The summed E-state index contributed by atoms with van der Waals surface area (Å²) in [6.07, 6.45) is 4.17. The van der Waals surface area contributed by atoms with Crippen LogP contribution in [0.1, 0.15) is 33.1 Å². The zero-order valence-electron chi connectivity index (χ0n) is 8.83. The van der Waals surface area contributed by atoms with E-state index in [1.807, 2.05) is 6.07 Å². The van der Waals surface area contributed by atoms with Crippen LogP contribution >= 0.6 is 0 Å². The number of nitrogens with zero attached hydrogens (tertiary/aromatic N) is 1. The van der Waals surface area contributed by atoms with E-state index in [0.29, 0.717) is 11.3 Å². The van der Waals surface area contributed by atoms with E-state index in [-0.39, 0.29) is 6.42 Å². The normalized spacial score (nSPS) is 35.1. The van der Waals surface area contributed by atoms with Crippen LogP contribution in [0.25, 0.3) is 0 Å². The van der Waals surface area contributed by atoms with Gasteiger partial charge in [0, 0.05) is 0 Å². The van der Waals surface area contributed by atoms with Gasteiger partial charge < -0.3 is 5.11 Å². The number of aliphatic hydroxyl groups is 1. The predicted molar refractivity (Wildman–Crippen MR) is 54.3 cm³/mol. The maximum atomic E-state index is 9.81. The van der Waals surface area contributed by atoms with Crippen molar-refractivity contribution in [1.82, 2.24) is 0 Å². The third-order valence-corrected chi connectivity index (χ3v) is 4.18. The summed E-state index contributed by atoms with van der Waals surface area (Å²) >= 11 is 0. The fourth-order valence-corrected chi connectivity index (χ4v) is 2.97. The summed E-state index contributed by atoms with van der Waals surface area (Å²) in [5.41, 5.74) is 1.47. The van der Waals surface area contributed by atoms with Gasteiger partial charge in [0.05, 0.1) is 18.6 Å². The summed E-state index contributed by atoms with van der Waals surface area (Å²) in [6.45, 7) is 4.55. The SMILES string of the molecule is CC1(C)C2CC=C(C(O)CC#N)C1C2. The molecule has 3 aliphatic rings. The molecular weight excluding hydrogens is 174 g/mol. The first-order valence-corrected chi connectivity index (χ1v) is 5.32. The maximum Gasteiger partial charge on any atom is 0.0882 e. The van der Waals surface area contributed by atoms with Gasteiger partial charge in [-0.25, -0.2) is 0 Å². The van der Waals surface area contributed by atoms with Crippen molar-refractivity contribution in [2.24, 2.45) is 17.3 Å². The lowest BCUT2D eigenvalue weighted by molar-refractivity contribution is -0.0210. The molecule has 3 atom stereocenters. The highest BCUT2D eigenvalue weighted by Gasteiger charge is 2.52. The molecule has 1 N–H and O–H groups in total. The van der Waals surface area contributed by atoms with E-state index in [9.17, 15) is 5.11 Å². The van der Waals surface area contributed by atoms with Crippen LogP contribution in [0, 0.1) is 28.6 Å². The Hall–Kier alpha value is -0.810. The maximum absolute atomic E-state index is 9.81. The molecule has 0 aromatic carbocycles. The van der Waals surface area contributed by atoms with Crippen molar-refractivity contribution in [2.75, 3.05) is 0 Å². The minimum Gasteiger partial charge on any atom is -0.388 e. The summed E-state index contributed by atoms with van der Waals surface area (Å²) in [7, 11) is 0. The lowest BCUT2D eigenvalue weighted by Crippen LogP contribution is -2.49. The number of fused-ring (bicyclic) bond motifs is 1. The molecule has 0 aromatic rings. The Morgan fingerprint density at radius 1 is 1.71 bits per heavy atom. The third-order valence-electron chi connectivity index (χ3n) is 4.18. The van der Waals surface area contributed by atoms with Crippen LogP contribution in [-0.2, 0) is 0 Å². The summed E-state index contributed by atoms with van der Waals surface area (Å²) in [4.78, 5) is 0. The van der Waals surface area contributed by atoms with Crippen molar-refractivity contribution < 1.29 is 5.11 Å². The largest absolute Gasteiger partial charge is 0.388 e. The smallest absolute Gasteiger partial charge is 0.0882 e. The van der Waals surface area contributed by atoms with E-state index in [0.717, 1.165) is 17.9 Å². The fraction of sp³-hybridized carbons (Fsp3) is 0.750. The van der Waals surface area contributed by atoms with E-state index in [2.05, 4.69) is 19.9 Å². The van der Waals surface area contributed by atoms with E-state index in [1.54, 1.807) is 0 Å². The van der Waals surface area contributed by atoms with E-state index in [4.69, 9.17) is 5.26 Å². The van der Waals surface area contributed by atoms with Gasteiger partial charge in [0.2, 0.25) is 0 Å². The Morgan fingerprint density at radius 2 is 2.43 bits per heavy atom. The van der Waals surface area contributed by atoms with Crippen molar-refractivity contribution >= 4 is 0 Å². The average Bonchev–Trinajstić information content (AvgIpc) is 2.18. The highest BCUT2D eigenvalue weighted by molar-refractivity contribution is 5.26. The van der Waals surface area contributed by atoms with E-state index >= 15 is 0 Å². The van der Waals surface area contributed by atoms with Gasteiger partial charge in [-0.15, -0.1) is 0 Å². The number of aliphatic hydroxyl groups excluding tert-OH is 1. The van der Waals surface area contributed by atoms with E-state index < -0.39 is 6.10 Å². The molecule has 2 nitrogen and oxygen atoms in total. The number of rotatable bonds is 2. The second-order valence-electron chi connectivity index (χ2n) is 5.12. The van der Waals surface area contributed by atoms with Crippen LogP contribution < -0.4 is 0 Å². The van der Waals surface area contributed by atoms with Crippen LogP contribution in [0.15, 0.2) is 11.6 Å². The van der Waals surface area contributed by atoms with Gasteiger partial charge in [0.25, 0.3) is 0 Å². The molecule has 3 aliphatic carbocycles. The second-order valence-corrected chi connectivity index (χ2v) is 5.12. The molecule has 3 unspecified atom stereocenters. The zero-order chi connectivity index (χ0) is 10.3. The molecule has 0 amide bonds. The Bertz CT molecular complexity index is 311. The van der Waals surface area contributed by atoms with Gasteiger partial charge in [-0.2, -0.15) is 5.26 Å². The molecule has 2 bridgehead atoms. The molecular formula is C12H17NO. The van der Waals surface area contributed by atoms with Crippen LogP contribution in [0.4, 0.5) is 0 Å². The van der Waals surface area contributed by atoms with Gasteiger partial charge >= 0.3 is 0 Å². The van der Waals surface area contributed by atoms with Gasteiger partial charge in [0.15, 0.2) is 0 Å². The van der Waals surface area contributed by atoms with E-state index in [1.165, 1.54) is 6.42 Å². The first-order valence-electron chi connectivity index (χ1n) is 5.32. The van der Waals surface area contributed by atoms with Gasteiger partial charge in [0.1, 0.15) is 0 Å². The quantitative estimate of drug-likeness (QED) is 0.680. The summed E-state index contributed by atoms with van der Waals surface area (Å²) in [5.74, 6) is 1.31. The summed E-state index contributed by atoms with van der Waals surface area (Å²) < 4.78 is 0. The molecule has 76 valence electrons. The van der Waals surface area contributed by atoms with Crippen molar-refractivity contribution in [3.8, 4) is 6.07 Å². The minimum atomic E-state index is -0.523. The standard InChI is InChI=1S/C12H17NO/c1-12(2)8-3-4-9(10(12)7-8)11(14)5-6-13/h4,8,10-11,14H,3,5,7H2,1-2H3. The Labute approximate surface area is 85.2 Å². The molecule has 2 heteroatoms. The molecule has 0 radical (unpaired) electrons. The molecule has 1 fully saturated rings. The van der Waals surface area contributed by atoms with Crippen LogP contribution in [0.5, 0.6) is 0 Å². The van der Waals surface area contributed by atoms with Gasteiger partial charge in [-0.05, 0) is 35.7 Å². The lowest BCUT2D eigenvalue weighted by Gasteiger charge is -2.57. The Kier molecular flexibility index (Phi) is 2.16. The lowest BCUT2D eigenvalue weighted by atomic mass is 9.48. The monoisotopic (exact) mass is 191 g/mol. The summed E-state index contributed by atoms with van der Waals surface area (Å²) in [5, 5.41) is 18.4. The van der Waals surface area contributed by atoms with Crippen molar-refractivity contribution in [2.45, 2.75) is 39.2 Å². The third kappa shape index (κ3) is 1.19. The first kappa shape index (κ1) is 9.73. The molecule has 3 rings (SSSR count). The van der Waals surface area contributed by atoms with Crippen molar-refractivity contribution in [3.63, 3.8) is 0 Å². The van der Waals surface area contributed by atoms with Gasteiger partial charge in [-0.1, -0.05) is 19.9 Å². The summed E-state index contributed by atoms with van der Waals surface area (Å²) in [6, 6.07) is 2.04. The highest BCUT2D eigenvalue weighted by Crippen LogP contribution is 2.59. The molecule has 14 heavy (non-hydrogen) atoms. The van der Waals surface area contributed by atoms with Crippen LogP contribution in [0.2, 0.25) is 0 Å². The fourth-order valence-electron chi connectivity index (χ4n) is 2.97. The molecule has 1 saturated carbocycles. The Balaban J connectivity index is 2.15. The minimum absolute atomic E-state index is 0.239. The number of hydrogen-bond donors (Lipinski definition) is 1. The first-order chi connectivity index (χ1) is 6.57. The molecule has 0 heterocycles. The van der Waals surface area contributed by atoms with Crippen LogP contribution in [0.3, 0.4) is 0 Å². The topological polar surface area (TPSA) is 44.0 Å². The predicted octanol–water partition coefficient (Wildman–Crippen LogP) is 2.25. The number of allylic oxidation sites excluding steroid dienone is 1. The number of hydrogen-bond acceptors (Lipinski definition) is 2. The van der Waals surface area contributed by atoms with Crippen molar-refractivity contribution in [1.29, 1.82) is 5.26 Å². The average molecular weight is 191 g/mol. The van der Waals surface area contributed by atoms with Gasteiger partial charge in [-0.3, -0.25) is 0 Å². The Morgan fingerprint density at radius 3 is 2.93 bits per heavy atom. The molecule has 0 aromatic heterocycles. The molecule has 0 saturated heterocycles. The molecule has 0 aliphatic heterocycles. The molecule has 0 spiro atoms. The highest BCUT2D eigenvalue weighted by atomic mass is 16.3.